The molecule has 202 valence electrons. The summed E-state index contributed by atoms with van der Waals surface area (Å²) in [5.74, 6) is -1.14. The number of nitrogens with one attached hydrogen (secondary N) is 1. The van der Waals surface area contributed by atoms with E-state index in [0.29, 0.717) is 11.1 Å². The summed E-state index contributed by atoms with van der Waals surface area (Å²) in [5.41, 5.74) is -1.94. The molecule has 4 rings (SSSR count). The van der Waals surface area contributed by atoms with Gasteiger partial charge in [-0.15, -0.1) is 0 Å². The fraction of sp³-hybridized carbons (Fsp3) is 0.600. The monoisotopic (exact) mass is 542 g/mol. The number of hydrogen-bond acceptors (Lipinski definition) is 4. The predicted molar refractivity (Wildman–Crippen MR) is 128 cm³/mol. The van der Waals surface area contributed by atoms with Crippen molar-refractivity contribution in [2.75, 3.05) is 13.7 Å². The third-order valence-electron chi connectivity index (χ3n) is 7.22. The van der Waals surface area contributed by atoms with E-state index in [4.69, 9.17) is 11.6 Å². The molecule has 12 heteroatoms. The molecule has 1 aliphatic carbocycles. The minimum absolute atomic E-state index is 0.0109. The number of halogens is 4. The van der Waals surface area contributed by atoms with Crippen molar-refractivity contribution in [1.29, 1.82) is 0 Å². The number of nitrogens with zero attached hydrogens (tertiary/aromatic N) is 3. The van der Waals surface area contributed by atoms with Gasteiger partial charge in [0, 0.05) is 32.0 Å². The molecule has 1 aromatic rings. The van der Waals surface area contributed by atoms with Crippen LogP contribution in [0.4, 0.5) is 18.0 Å². The number of hydrogen-bond donors (Lipinski definition) is 1. The quantitative estimate of drug-likeness (QED) is 0.547. The number of urea groups is 1. The van der Waals surface area contributed by atoms with Gasteiger partial charge in [-0.25, -0.2) is 9.69 Å². The van der Waals surface area contributed by atoms with Gasteiger partial charge in [0.15, 0.2) is 0 Å². The molecule has 2 fully saturated rings. The van der Waals surface area contributed by atoms with Crippen molar-refractivity contribution in [2.45, 2.75) is 71.3 Å². The maximum Gasteiger partial charge on any atom is 0.417 e. The van der Waals surface area contributed by atoms with E-state index in [1.165, 1.54) is 22.9 Å². The highest BCUT2D eigenvalue weighted by Gasteiger charge is 2.59. The van der Waals surface area contributed by atoms with Crippen LogP contribution in [0, 0.1) is 11.3 Å². The largest absolute Gasteiger partial charge is 0.417 e. The average Bonchev–Trinajstić information content (AvgIpc) is 3.51. The van der Waals surface area contributed by atoms with E-state index in [2.05, 4.69) is 5.32 Å². The van der Waals surface area contributed by atoms with E-state index >= 15 is 0 Å². The zero-order valence-corrected chi connectivity index (χ0v) is 21.9. The number of fused-ring (bicyclic) bond motifs is 1. The van der Waals surface area contributed by atoms with Crippen molar-refractivity contribution in [3.8, 4) is 0 Å². The topological polar surface area (TPSA) is 90.0 Å². The van der Waals surface area contributed by atoms with Gasteiger partial charge in [0.25, 0.3) is 5.91 Å². The van der Waals surface area contributed by atoms with E-state index in [9.17, 15) is 32.3 Å². The predicted octanol–water partition coefficient (Wildman–Crippen LogP) is 4.14. The molecule has 37 heavy (non-hydrogen) atoms. The highest BCUT2D eigenvalue weighted by molar-refractivity contribution is 6.31. The number of rotatable bonds is 6. The molecule has 0 radical (unpaired) electrons. The summed E-state index contributed by atoms with van der Waals surface area (Å²) in [6, 6.07) is 1.61. The van der Waals surface area contributed by atoms with Gasteiger partial charge in [0.05, 0.1) is 10.6 Å². The van der Waals surface area contributed by atoms with Crippen molar-refractivity contribution < 1.29 is 32.3 Å². The molecule has 0 spiro atoms. The molecule has 1 aromatic carbocycles. The number of amides is 5. The second-order valence-electron chi connectivity index (χ2n) is 11.2. The summed E-state index contributed by atoms with van der Waals surface area (Å²) in [7, 11) is 1.52. The Labute approximate surface area is 218 Å². The van der Waals surface area contributed by atoms with E-state index in [-0.39, 0.29) is 50.3 Å². The van der Waals surface area contributed by atoms with Crippen LogP contribution in [0.25, 0.3) is 0 Å². The lowest BCUT2D eigenvalue weighted by Gasteiger charge is -2.30. The minimum Gasteiger partial charge on any atom is -0.334 e. The lowest BCUT2D eigenvalue weighted by Crippen LogP contribution is -2.51. The summed E-state index contributed by atoms with van der Waals surface area (Å²) in [4.78, 5) is 55.6. The fourth-order valence-corrected chi connectivity index (χ4v) is 5.42. The second kappa shape index (κ2) is 9.18. The SMILES string of the molecule is CN(CN1C(=O)N[C@](CCC(=O)N2Cc3cc(Cl)c(C(F)(F)F)cc3C2)(C2CC2)C1=O)C(=O)C(C)(C)C. The van der Waals surface area contributed by atoms with Crippen molar-refractivity contribution in [3.05, 3.63) is 33.8 Å². The van der Waals surface area contributed by atoms with Gasteiger partial charge in [0.2, 0.25) is 11.8 Å². The standard InChI is InChI=1S/C25H30ClF3N4O4/c1-23(2,3)20(35)31(4)13-33-21(36)24(16-5-6-16,30-22(33)37)8-7-19(34)32-11-14-9-17(25(27,28)29)18(26)10-15(14)12-32/h9-10,16H,5-8,11-13H2,1-4H3,(H,30,37)/t24-/m1/s1. The van der Waals surface area contributed by atoms with Crippen LogP contribution in [0.15, 0.2) is 12.1 Å². The number of alkyl halides is 3. The molecule has 2 heterocycles. The van der Waals surface area contributed by atoms with Gasteiger partial charge in [0.1, 0.15) is 12.2 Å². The highest BCUT2D eigenvalue weighted by atomic mass is 35.5. The molecule has 5 amide bonds. The summed E-state index contributed by atoms with van der Waals surface area (Å²) in [5, 5.41) is 2.38. The number of carbonyl (C=O) groups excluding carboxylic acids is 4. The van der Waals surface area contributed by atoms with E-state index in [1.807, 2.05) is 0 Å². The summed E-state index contributed by atoms with van der Waals surface area (Å²) >= 11 is 5.82. The number of benzene rings is 1. The zero-order valence-electron chi connectivity index (χ0n) is 21.2. The molecule has 1 saturated heterocycles. The van der Waals surface area contributed by atoms with Crippen LogP contribution >= 0.6 is 11.6 Å². The van der Waals surface area contributed by atoms with E-state index < -0.39 is 39.7 Å². The first kappa shape index (κ1) is 27.2. The molecule has 1 saturated carbocycles. The minimum atomic E-state index is -4.60. The Morgan fingerprint density at radius 2 is 1.73 bits per heavy atom. The van der Waals surface area contributed by atoms with Crippen molar-refractivity contribution in [1.82, 2.24) is 20.0 Å². The lowest BCUT2D eigenvalue weighted by atomic mass is 9.87. The van der Waals surface area contributed by atoms with Crippen LogP contribution in [0.3, 0.4) is 0 Å². The maximum absolute atomic E-state index is 13.5. The summed E-state index contributed by atoms with van der Waals surface area (Å²) in [6.45, 7) is 5.16. The molecule has 3 aliphatic rings. The molecular weight excluding hydrogens is 513 g/mol. The lowest BCUT2D eigenvalue weighted by molar-refractivity contribution is -0.142. The summed E-state index contributed by atoms with van der Waals surface area (Å²) < 4.78 is 39.6. The fourth-order valence-electron chi connectivity index (χ4n) is 5.13. The van der Waals surface area contributed by atoms with Crippen LogP contribution in [0.5, 0.6) is 0 Å². The van der Waals surface area contributed by atoms with Crippen molar-refractivity contribution >= 4 is 35.4 Å². The Balaban J connectivity index is 1.44. The molecule has 0 unspecified atom stereocenters. The van der Waals surface area contributed by atoms with Crippen molar-refractivity contribution in [2.24, 2.45) is 11.3 Å². The Hall–Kier alpha value is -2.82. The maximum atomic E-state index is 13.5. The molecule has 1 atom stereocenters. The van der Waals surface area contributed by atoms with Gasteiger partial charge in [-0.2, -0.15) is 13.2 Å². The van der Waals surface area contributed by atoms with Gasteiger partial charge >= 0.3 is 12.2 Å². The zero-order chi connectivity index (χ0) is 27.5. The smallest absolute Gasteiger partial charge is 0.334 e. The average molecular weight is 543 g/mol. The normalized spacial score (nSPS) is 21.8. The Bertz CT molecular complexity index is 1160. The number of imide groups is 1. The molecule has 1 N–H and O–H groups in total. The number of carbonyl (C=O) groups is 4. The van der Waals surface area contributed by atoms with E-state index in [1.54, 1.807) is 20.8 Å². The first-order valence-electron chi connectivity index (χ1n) is 12.1. The van der Waals surface area contributed by atoms with Crippen LogP contribution in [0.1, 0.15) is 63.1 Å². The Morgan fingerprint density at radius 1 is 1.14 bits per heavy atom. The van der Waals surface area contributed by atoms with Crippen LogP contribution < -0.4 is 5.32 Å². The Kier molecular flexibility index (Phi) is 6.75. The Morgan fingerprint density at radius 3 is 2.27 bits per heavy atom. The van der Waals surface area contributed by atoms with Gasteiger partial charge in [-0.1, -0.05) is 32.4 Å². The van der Waals surface area contributed by atoms with Crippen LogP contribution in [-0.4, -0.2) is 57.7 Å². The van der Waals surface area contributed by atoms with E-state index in [0.717, 1.165) is 23.8 Å². The van der Waals surface area contributed by atoms with Gasteiger partial charge in [-0.3, -0.25) is 14.4 Å². The van der Waals surface area contributed by atoms with Gasteiger partial charge < -0.3 is 15.1 Å². The van der Waals surface area contributed by atoms with Gasteiger partial charge in [-0.05, 0) is 48.4 Å². The highest BCUT2D eigenvalue weighted by Crippen LogP contribution is 2.46. The van der Waals surface area contributed by atoms with Crippen LogP contribution in [0.2, 0.25) is 5.02 Å². The van der Waals surface area contributed by atoms with Crippen LogP contribution in [-0.2, 0) is 33.6 Å². The summed E-state index contributed by atoms with van der Waals surface area (Å²) in [6.07, 6.45) is -3.16. The second-order valence-corrected chi connectivity index (χ2v) is 11.6. The first-order valence-corrected chi connectivity index (χ1v) is 12.5. The molecule has 0 bridgehead atoms. The molecule has 2 aliphatic heterocycles. The third kappa shape index (κ3) is 5.15. The first-order chi connectivity index (χ1) is 17.0. The molecule has 8 nitrogen and oxygen atoms in total. The molecule has 0 aromatic heterocycles. The molecular formula is C25H30ClF3N4O4. The third-order valence-corrected chi connectivity index (χ3v) is 7.53. The van der Waals surface area contributed by atoms with Crippen molar-refractivity contribution in [3.63, 3.8) is 0 Å².